The summed E-state index contributed by atoms with van der Waals surface area (Å²) >= 11 is 1.20. The van der Waals surface area contributed by atoms with Crippen molar-refractivity contribution in [2.24, 2.45) is 0 Å². The van der Waals surface area contributed by atoms with E-state index >= 15 is 0 Å². The molecule has 0 radical (unpaired) electrons. The van der Waals surface area contributed by atoms with E-state index in [9.17, 15) is 4.79 Å². The van der Waals surface area contributed by atoms with E-state index in [-0.39, 0.29) is 11.9 Å². The molecule has 1 atom stereocenters. The molecule has 0 aliphatic rings. The zero-order valence-corrected chi connectivity index (χ0v) is 11.6. The van der Waals surface area contributed by atoms with Crippen LogP contribution in [0.25, 0.3) is 0 Å². The number of nitrogens with zero attached hydrogens (tertiary/aromatic N) is 3. The topological polar surface area (TPSA) is 93.8 Å². The van der Waals surface area contributed by atoms with Crippen LogP contribution in [-0.4, -0.2) is 26.9 Å². The third-order valence-corrected chi connectivity index (χ3v) is 3.51. The molecule has 0 aliphatic carbocycles. The van der Waals surface area contributed by atoms with Crippen LogP contribution >= 0.6 is 11.3 Å². The van der Waals surface area contributed by atoms with Crippen molar-refractivity contribution >= 4 is 22.4 Å². The lowest BCUT2D eigenvalue weighted by molar-refractivity contribution is 0.0943. The molecular formula is C12H15N5OS. The first kappa shape index (κ1) is 13.4. The van der Waals surface area contributed by atoms with Crippen molar-refractivity contribution in [3.8, 4) is 0 Å². The average Bonchev–Trinajstić information content (AvgIpc) is 2.69. The molecule has 2 aromatic heterocycles. The van der Waals surface area contributed by atoms with Crippen molar-refractivity contribution in [2.45, 2.75) is 26.3 Å². The molecule has 100 valence electrons. The van der Waals surface area contributed by atoms with E-state index < -0.39 is 0 Å². The molecule has 0 aromatic carbocycles. The van der Waals surface area contributed by atoms with E-state index in [0.29, 0.717) is 22.1 Å². The maximum Gasteiger partial charge on any atom is 0.263 e. The minimum absolute atomic E-state index is 0.0353. The lowest BCUT2D eigenvalue weighted by atomic mass is 10.2. The maximum atomic E-state index is 12.0. The molecule has 7 heteroatoms. The second-order valence-electron chi connectivity index (χ2n) is 4.24. The van der Waals surface area contributed by atoms with Crippen molar-refractivity contribution in [2.75, 3.05) is 5.73 Å². The van der Waals surface area contributed by atoms with Gasteiger partial charge in [0.2, 0.25) is 0 Å². The fourth-order valence-electron chi connectivity index (χ4n) is 1.72. The number of carbonyl (C=O) groups is 1. The first-order valence-electron chi connectivity index (χ1n) is 5.85. The van der Waals surface area contributed by atoms with Gasteiger partial charge in [-0.25, -0.2) is 4.98 Å². The van der Waals surface area contributed by atoms with Gasteiger partial charge in [-0.2, -0.15) is 0 Å². The van der Waals surface area contributed by atoms with Crippen LogP contribution in [0.5, 0.6) is 0 Å². The van der Waals surface area contributed by atoms with Crippen LogP contribution in [-0.2, 0) is 6.42 Å². The Morgan fingerprint density at radius 2 is 2.32 bits per heavy atom. The zero-order chi connectivity index (χ0) is 13.8. The lowest BCUT2D eigenvalue weighted by Crippen LogP contribution is -2.34. The van der Waals surface area contributed by atoms with Gasteiger partial charge in [-0.1, -0.05) is 11.3 Å². The van der Waals surface area contributed by atoms with Crippen LogP contribution in [0.1, 0.15) is 28.0 Å². The molecule has 0 saturated carbocycles. The van der Waals surface area contributed by atoms with Crippen LogP contribution in [0, 0.1) is 6.92 Å². The molecule has 6 nitrogen and oxygen atoms in total. The van der Waals surface area contributed by atoms with Crippen molar-refractivity contribution in [1.82, 2.24) is 20.3 Å². The molecule has 0 saturated heterocycles. The highest BCUT2D eigenvalue weighted by Gasteiger charge is 2.16. The third kappa shape index (κ3) is 3.47. The first-order chi connectivity index (χ1) is 9.06. The van der Waals surface area contributed by atoms with Crippen molar-refractivity contribution in [3.63, 3.8) is 0 Å². The van der Waals surface area contributed by atoms with Crippen molar-refractivity contribution in [3.05, 3.63) is 34.9 Å². The molecule has 3 N–H and O–H groups in total. The molecule has 0 spiro atoms. The van der Waals surface area contributed by atoms with Crippen LogP contribution < -0.4 is 11.1 Å². The molecule has 0 bridgehead atoms. The summed E-state index contributed by atoms with van der Waals surface area (Å²) in [5.41, 5.74) is 7.08. The number of aromatic nitrogens is 3. The molecule has 0 fully saturated rings. The number of amides is 1. The average molecular weight is 277 g/mol. The number of rotatable bonds is 4. The summed E-state index contributed by atoms with van der Waals surface area (Å²) in [5, 5.41) is 3.31. The summed E-state index contributed by atoms with van der Waals surface area (Å²) in [6, 6.07) is -0.0353. The normalized spacial score (nSPS) is 12.1. The van der Waals surface area contributed by atoms with Gasteiger partial charge < -0.3 is 11.1 Å². The van der Waals surface area contributed by atoms with Crippen LogP contribution in [0.15, 0.2) is 18.6 Å². The quantitative estimate of drug-likeness (QED) is 0.875. The maximum absolute atomic E-state index is 12.0. The SMILES string of the molecule is Cc1nc(N)sc1C(=O)NC(C)Cc1cnccn1. The molecule has 2 heterocycles. The molecule has 1 amide bonds. The van der Waals surface area contributed by atoms with Gasteiger partial charge in [-0.05, 0) is 13.8 Å². The van der Waals surface area contributed by atoms with Crippen LogP contribution in [0.2, 0.25) is 0 Å². The van der Waals surface area contributed by atoms with Gasteiger partial charge in [-0.3, -0.25) is 14.8 Å². The van der Waals surface area contributed by atoms with E-state index in [4.69, 9.17) is 5.73 Å². The number of anilines is 1. The Morgan fingerprint density at radius 3 is 2.89 bits per heavy atom. The fourth-order valence-corrected chi connectivity index (χ4v) is 2.45. The van der Waals surface area contributed by atoms with Gasteiger partial charge >= 0.3 is 0 Å². The first-order valence-corrected chi connectivity index (χ1v) is 6.66. The Bertz CT molecular complexity index is 569. The van der Waals surface area contributed by atoms with E-state index in [1.54, 1.807) is 25.5 Å². The number of aryl methyl sites for hydroxylation is 1. The number of nitrogens with two attached hydrogens (primary N) is 1. The predicted molar refractivity (Wildman–Crippen MR) is 73.9 cm³/mol. The summed E-state index contributed by atoms with van der Waals surface area (Å²) in [7, 11) is 0. The van der Waals surface area contributed by atoms with E-state index in [2.05, 4.69) is 20.3 Å². The smallest absolute Gasteiger partial charge is 0.263 e. The largest absolute Gasteiger partial charge is 0.375 e. The summed E-state index contributed by atoms with van der Waals surface area (Å²) < 4.78 is 0. The second kappa shape index (κ2) is 5.75. The van der Waals surface area contributed by atoms with Gasteiger partial charge in [0.25, 0.3) is 5.91 Å². The predicted octanol–water partition coefficient (Wildman–Crippen LogP) is 1.18. The summed E-state index contributed by atoms with van der Waals surface area (Å²) in [6.07, 6.45) is 5.58. The second-order valence-corrected chi connectivity index (χ2v) is 5.27. The molecule has 2 aromatic rings. The number of thiazole rings is 1. The monoisotopic (exact) mass is 277 g/mol. The van der Waals surface area contributed by atoms with Gasteiger partial charge in [0, 0.05) is 31.1 Å². The van der Waals surface area contributed by atoms with Gasteiger partial charge in [0.05, 0.1) is 11.4 Å². The molecule has 0 aliphatic heterocycles. The molecule has 19 heavy (non-hydrogen) atoms. The van der Waals surface area contributed by atoms with Gasteiger partial charge in [0.1, 0.15) is 4.88 Å². The number of hydrogen-bond acceptors (Lipinski definition) is 6. The van der Waals surface area contributed by atoms with E-state index in [1.165, 1.54) is 11.3 Å². The van der Waals surface area contributed by atoms with E-state index in [0.717, 1.165) is 5.69 Å². The van der Waals surface area contributed by atoms with Gasteiger partial charge in [-0.15, -0.1) is 0 Å². The fraction of sp³-hybridized carbons (Fsp3) is 0.333. The number of hydrogen-bond donors (Lipinski definition) is 2. The van der Waals surface area contributed by atoms with Crippen molar-refractivity contribution < 1.29 is 4.79 Å². The molecule has 1 unspecified atom stereocenters. The third-order valence-electron chi connectivity index (χ3n) is 2.53. The summed E-state index contributed by atoms with van der Waals surface area (Å²) in [6.45, 7) is 3.70. The summed E-state index contributed by atoms with van der Waals surface area (Å²) in [4.78, 5) is 24.8. The number of nitrogens with one attached hydrogen (secondary N) is 1. The Morgan fingerprint density at radius 1 is 1.53 bits per heavy atom. The Balaban J connectivity index is 1.97. The highest BCUT2D eigenvalue weighted by Crippen LogP contribution is 2.19. The highest BCUT2D eigenvalue weighted by molar-refractivity contribution is 7.17. The lowest BCUT2D eigenvalue weighted by Gasteiger charge is -2.12. The minimum atomic E-state index is -0.150. The minimum Gasteiger partial charge on any atom is -0.375 e. The standard InChI is InChI=1S/C12H15N5OS/c1-7(5-9-6-14-3-4-15-9)16-11(18)10-8(2)17-12(13)19-10/h3-4,6-7H,5H2,1-2H3,(H2,13,17)(H,16,18). The highest BCUT2D eigenvalue weighted by atomic mass is 32.1. The number of carbonyl (C=O) groups excluding carboxylic acids is 1. The molecular weight excluding hydrogens is 262 g/mol. The number of nitrogen functional groups attached to an aromatic ring is 1. The zero-order valence-electron chi connectivity index (χ0n) is 10.8. The Labute approximate surface area is 115 Å². The van der Waals surface area contributed by atoms with Crippen LogP contribution in [0.4, 0.5) is 5.13 Å². The Kier molecular flexibility index (Phi) is 4.06. The Hall–Kier alpha value is -2.02. The van der Waals surface area contributed by atoms with Crippen molar-refractivity contribution in [1.29, 1.82) is 0 Å². The van der Waals surface area contributed by atoms with Gasteiger partial charge in [0.15, 0.2) is 5.13 Å². The molecule has 2 rings (SSSR count). The van der Waals surface area contributed by atoms with Crippen LogP contribution in [0.3, 0.4) is 0 Å². The van der Waals surface area contributed by atoms with E-state index in [1.807, 2.05) is 6.92 Å². The summed E-state index contributed by atoms with van der Waals surface area (Å²) in [5.74, 6) is -0.150.